The zero-order valence-corrected chi connectivity index (χ0v) is 12.7. The minimum Gasteiger partial charge on any atom is -0.340 e. The van der Waals surface area contributed by atoms with Crippen LogP contribution in [-0.4, -0.2) is 39.4 Å². The van der Waals surface area contributed by atoms with Crippen LogP contribution >= 0.6 is 15.9 Å². The summed E-state index contributed by atoms with van der Waals surface area (Å²) in [5.74, 6) is 0.595. The van der Waals surface area contributed by atoms with Gasteiger partial charge in [-0.3, -0.25) is 4.79 Å². The SMILES string of the molecule is CN(CC1CC1)C(=O)c1cn(-c2ccccc2Br)nn1. The molecule has 0 aliphatic heterocycles. The van der Waals surface area contributed by atoms with Crippen molar-refractivity contribution in [3.05, 3.63) is 40.6 Å². The van der Waals surface area contributed by atoms with E-state index >= 15 is 0 Å². The van der Waals surface area contributed by atoms with Crippen LogP contribution < -0.4 is 0 Å². The smallest absolute Gasteiger partial charge is 0.275 e. The molecule has 0 saturated heterocycles. The van der Waals surface area contributed by atoms with Crippen LogP contribution in [0, 0.1) is 5.92 Å². The summed E-state index contributed by atoms with van der Waals surface area (Å²) in [6.07, 6.45) is 4.12. The molecule has 0 unspecified atom stereocenters. The van der Waals surface area contributed by atoms with Crippen molar-refractivity contribution in [3.63, 3.8) is 0 Å². The lowest BCUT2D eigenvalue weighted by Gasteiger charge is -2.14. The Morgan fingerprint density at radius 2 is 2.20 bits per heavy atom. The zero-order valence-electron chi connectivity index (χ0n) is 11.2. The Labute approximate surface area is 125 Å². The van der Waals surface area contributed by atoms with Crippen molar-refractivity contribution in [2.24, 2.45) is 5.92 Å². The lowest BCUT2D eigenvalue weighted by atomic mass is 10.3. The van der Waals surface area contributed by atoms with E-state index in [2.05, 4.69) is 26.2 Å². The normalized spacial score (nSPS) is 14.3. The van der Waals surface area contributed by atoms with Crippen LogP contribution in [0.3, 0.4) is 0 Å². The minimum absolute atomic E-state index is 0.0739. The van der Waals surface area contributed by atoms with Crippen molar-refractivity contribution >= 4 is 21.8 Å². The average Bonchev–Trinajstić information content (AvgIpc) is 3.12. The van der Waals surface area contributed by atoms with Gasteiger partial charge in [-0.1, -0.05) is 17.3 Å². The molecule has 1 aliphatic carbocycles. The number of benzene rings is 1. The Balaban J connectivity index is 1.79. The van der Waals surface area contributed by atoms with E-state index in [0.29, 0.717) is 11.6 Å². The number of rotatable bonds is 4. The van der Waals surface area contributed by atoms with E-state index in [0.717, 1.165) is 16.7 Å². The van der Waals surface area contributed by atoms with Gasteiger partial charge in [0, 0.05) is 18.1 Å². The number of halogens is 1. The van der Waals surface area contributed by atoms with Gasteiger partial charge >= 0.3 is 0 Å². The first-order chi connectivity index (χ1) is 9.65. The molecule has 20 heavy (non-hydrogen) atoms. The number of carbonyl (C=O) groups excluding carboxylic acids is 1. The van der Waals surface area contributed by atoms with Crippen molar-refractivity contribution in [1.29, 1.82) is 0 Å². The van der Waals surface area contributed by atoms with Gasteiger partial charge in [0.1, 0.15) is 0 Å². The molecule has 1 aromatic heterocycles. The number of nitrogens with zero attached hydrogens (tertiary/aromatic N) is 4. The molecule has 1 fully saturated rings. The quantitative estimate of drug-likeness (QED) is 0.863. The molecule has 1 aliphatic rings. The van der Waals surface area contributed by atoms with Crippen LogP contribution in [0.15, 0.2) is 34.9 Å². The second kappa shape index (κ2) is 5.36. The van der Waals surface area contributed by atoms with Gasteiger partial charge in [0.25, 0.3) is 5.91 Å². The third-order valence-electron chi connectivity index (χ3n) is 3.39. The van der Waals surface area contributed by atoms with E-state index in [1.165, 1.54) is 12.8 Å². The van der Waals surface area contributed by atoms with Crippen molar-refractivity contribution < 1.29 is 4.79 Å². The summed E-state index contributed by atoms with van der Waals surface area (Å²) in [5.41, 5.74) is 1.24. The van der Waals surface area contributed by atoms with Gasteiger partial charge < -0.3 is 4.90 Å². The van der Waals surface area contributed by atoms with Crippen LogP contribution in [0.1, 0.15) is 23.3 Å². The fraction of sp³-hybridized carbons (Fsp3) is 0.357. The lowest BCUT2D eigenvalue weighted by Crippen LogP contribution is -2.29. The molecular weight excluding hydrogens is 320 g/mol. The molecular formula is C14H15BrN4O. The summed E-state index contributed by atoms with van der Waals surface area (Å²) in [6, 6.07) is 7.70. The predicted octanol–water partition coefficient (Wildman–Crippen LogP) is 2.51. The first-order valence-electron chi connectivity index (χ1n) is 6.58. The molecule has 0 atom stereocenters. The molecule has 2 aromatic rings. The van der Waals surface area contributed by atoms with E-state index in [1.54, 1.807) is 15.8 Å². The third-order valence-corrected chi connectivity index (χ3v) is 4.06. The summed E-state index contributed by atoms with van der Waals surface area (Å²) in [4.78, 5) is 14.0. The second-order valence-electron chi connectivity index (χ2n) is 5.13. The van der Waals surface area contributed by atoms with E-state index < -0.39 is 0 Å². The standard InChI is InChI=1S/C14H15BrN4O/c1-18(8-10-6-7-10)14(20)12-9-19(17-16-12)13-5-3-2-4-11(13)15/h2-5,9-10H,6-8H2,1H3. The minimum atomic E-state index is -0.0739. The van der Waals surface area contributed by atoms with Gasteiger partial charge in [-0.05, 0) is 46.8 Å². The van der Waals surface area contributed by atoms with Gasteiger partial charge in [0.2, 0.25) is 0 Å². The topological polar surface area (TPSA) is 51.0 Å². The van der Waals surface area contributed by atoms with Crippen molar-refractivity contribution in [1.82, 2.24) is 19.9 Å². The van der Waals surface area contributed by atoms with Gasteiger partial charge in [-0.15, -0.1) is 5.10 Å². The number of hydrogen-bond acceptors (Lipinski definition) is 3. The number of para-hydroxylation sites is 1. The molecule has 5 nitrogen and oxygen atoms in total. The molecule has 1 amide bonds. The fourth-order valence-electron chi connectivity index (χ4n) is 2.08. The van der Waals surface area contributed by atoms with Gasteiger partial charge in [-0.25, -0.2) is 4.68 Å². The Hall–Kier alpha value is -1.69. The van der Waals surface area contributed by atoms with Gasteiger partial charge in [0.05, 0.1) is 11.9 Å². The largest absolute Gasteiger partial charge is 0.340 e. The Kier molecular flexibility index (Phi) is 3.56. The number of amides is 1. The molecule has 0 spiro atoms. The van der Waals surface area contributed by atoms with Crippen molar-refractivity contribution in [2.45, 2.75) is 12.8 Å². The van der Waals surface area contributed by atoms with Crippen LogP contribution in [-0.2, 0) is 0 Å². The molecule has 0 radical (unpaired) electrons. The molecule has 1 saturated carbocycles. The van der Waals surface area contributed by atoms with Crippen LogP contribution in [0.2, 0.25) is 0 Å². The molecule has 0 N–H and O–H groups in total. The summed E-state index contributed by atoms with van der Waals surface area (Å²) in [6.45, 7) is 0.806. The highest BCUT2D eigenvalue weighted by atomic mass is 79.9. The highest BCUT2D eigenvalue weighted by Crippen LogP contribution is 2.29. The predicted molar refractivity (Wildman–Crippen MR) is 78.7 cm³/mol. The molecule has 0 bridgehead atoms. The molecule has 1 aromatic carbocycles. The third kappa shape index (κ3) is 2.75. The van der Waals surface area contributed by atoms with Crippen LogP contribution in [0.5, 0.6) is 0 Å². The van der Waals surface area contributed by atoms with Gasteiger partial charge in [-0.2, -0.15) is 0 Å². The second-order valence-corrected chi connectivity index (χ2v) is 5.98. The Bertz CT molecular complexity index is 636. The van der Waals surface area contributed by atoms with Crippen molar-refractivity contribution in [2.75, 3.05) is 13.6 Å². The fourth-order valence-corrected chi connectivity index (χ4v) is 2.55. The summed E-state index contributed by atoms with van der Waals surface area (Å²) in [7, 11) is 1.82. The summed E-state index contributed by atoms with van der Waals surface area (Å²) >= 11 is 3.47. The number of aromatic nitrogens is 3. The Morgan fingerprint density at radius 3 is 2.90 bits per heavy atom. The maximum Gasteiger partial charge on any atom is 0.275 e. The first kappa shape index (κ1) is 13.3. The van der Waals surface area contributed by atoms with Crippen LogP contribution in [0.25, 0.3) is 5.69 Å². The Morgan fingerprint density at radius 1 is 1.45 bits per heavy atom. The van der Waals surface area contributed by atoms with Gasteiger partial charge in [0.15, 0.2) is 5.69 Å². The molecule has 3 rings (SSSR count). The lowest BCUT2D eigenvalue weighted by molar-refractivity contribution is 0.0783. The van der Waals surface area contributed by atoms with Crippen LogP contribution in [0.4, 0.5) is 0 Å². The number of hydrogen-bond donors (Lipinski definition) is 0. The highest BCUT2D eigenvalue weighted by molar-refractivity contribution is 9.10. The molecule has 6 heteroatoms. The van der Waals surface area contributed by atoms with Crippen molar-refractivity contribution in [3.8, 4) is 5.69 Å². The van der Waals surface area contributed by atoms with E-state index in [1.807, 2.05) is 31.3 Å². The van der Waals surface area contributed by atoms with E-state index in [4.69, 9.17) is 0 Å². The maximum absolute atomic E-state index is 12.2. The van der Waals surface area contributed by atoms with E-state index in [-0.39, 0.29) is 5.91 Å². The zero-order chi connectivity index (χ0) is 14.1. The highest BCUT2D eigenvalue weighted by Gasteiger charge is 2.26. The number of carbonyl (C=O) groups is 1. The molecule has 1 heterocycles. The summed E-state index contributed by atoms with van der Waals surface area (Å²) < 4.78 is 2.53. The maximum atomic E-state index is 12.2. The first-order valence-corrected chi connectivity index (χ1v) is 7.37. The average molecular weight is 335 g/mol. The monoisotopic (exact) mass is 334 g/mol. The van der Waals surface area contributed by atoms with E-state index in [9.17, 15) is 4.79 Å². The summed E-state index contributed by atoms with van der Waals surface area (Å²) in [5, 5.41) is 8.02. The molecule has 104 valence electrons.